The highest BCUT2D eigenvalue weighted by molar-refractivity contribution is 5.91. The minimum absolute atomic E-state index is 0.0946. The van der Waals surface area contributed by atoms with Crippen LogP contribution in [0.4, 0.5) is 9.59 Å². The van der Waals surface area contributed by atoms with Gasteiger partial charge >= 0.3 is 12.2 Å². The van der Waals surface area contributed by atoms with E-state index in [4.69, 9.17) is 9.72 Å². The lowest BCUT2D eigenvalue weighted by Crippen LogP contribution is -2.54. The van der Waals surface area contributed by atoms with E-state index in [2.05, 4.69) is 84.2 Å². The number of amides is 4. The number of piperidine rings is 1. The molecule has 1 aliphatic heterocycles. The van der Waals surface area contributed by atoms with Crippen molar-refractivity contribution in [1.29, 1.82) is 0 Å². The van der Waals surface area contributed by atoms with Gasteiger partial charge in [-0.15, -0.1) is 0 Å². The molecule has 2 aromatic heterocycles. The molecule has 14 heteroatoms. The number of carbonyl (C=O) groups is 4. The van der Waals surface area contributed by atoms with Crippen LogP contribution >= 0.6 is 0 Å². The van der Waals surface area contributed by atoms with Gasteiger partial charge in [0, 0.05) is 11.6 Å². The van der Waals surface area contributed by atoms with E-state index in [1.165, 1.54) is 14.2 Å². The molecular weight excluding hydrogens is 737 g/mol. The Morgan fingerprint density at radius 3 is 1.91 bits per heavy atom. The number of carbonyl (C=O) groups excluding carboxylic acids is 4. The molecule has 2 fully saturated rings. The van der Waals surface area contributed by atoms with Crippen LogP contribution < -0.4 is 16.0 Å². The molecule has 0 radical (unpaired) electrons. The van der Waals surface area contributed by atoms with E-state index in [-0.39, 0.29) is 35.7 Å². The maximum Gasteiger partial charge on any atom is 0.407 e. The number of alkyl carbamates (subject to hydrolysis) is 2. The van der Waals surface area contributed by atoms with Crippen LogP contribution in [0.2, 0.25) is 0 Å². The Morgan fingerprint density at radius 1 is 0.690 bits per heavy atom. The Hall–Kier alpha value is -6.18. The summed E-state index contributed by atoms with van der Waals surface area (Å²) in [4.78, 5) is 68.9. The number of likely N-dealkylation sites (tertiary alicyclic amines) is 1. The highest BCUT2D eigenvalue weighted by atomic mass is 16.5. The average molecular weight is 789 g/mol. The predicted octanol–water partition coefficient (Wildman–Crippen LogP) is 7.28. The molecule has 7 rings (SSSR count). The Morgan fingerprint density at radius 2 is 1.26 bits per heavy atom. The van der Waals surface area contributed by atoms with Crippen LogP contribution in [0.25, 0.3) is 44.4 Å². The van der Waals surface area contributed by atoms with E-state index >= 15 is 0 Å². The number of H-pyrrole nitrogens is 2. The highest BCUT2D eigenvalue weighted by Crippen LogP contribution is 2.50. The van der Waals surface area contributed by atoms with E-state index in [0.29, 0.717) is 11.7 Å². The first-order valence-corrected chi connectivity index (χ1v) is 19.9. The zero-order valence-corrected chi connectivity index (χ0v) is 34.0. The standard InChI is InChI=1S/C44H52N8O6/c1-23(2)36(50-43(55)57-6)41(53)47-25(5)39-45-21-34(48-39)27-10-8-26(9-11-27)28-12-13-30-19-31(15-14-29(30)18-28)35-22-46-40(49-35)38-32-16-17-33(20-32)52(38)42(54)37(24(3)4)51-44(56)58-7/h8-15,18-19,21-25,32-33,36-38H,16-17,20H2,1-7H3,(H,45,48)(H,46,49)(H,47,53)(H,50,55)(H,51,56)/t25-,32+,33+,36-,37-,38-/m0/s1. The first-order valence-electron chi connectivity index (χ1n) is 19.9. The summed E-state index contributed by atoms with van der Waals surface area (Å²) in [6.45, 7) is 9.39. The quantitative estimate of drug-likeness (QED) is 0.0874. The molecule has 14 nitrogen and oxygen atoms in total. The number of aromatic nitrogens is 4. The molecule has 1 saturated carbocycles. The largest absolute Gasteiger partial charge is 0.453 e. The van der Waals surface area contributed by atoms with Gasteiger partial charge in [-0.3, -0.25) is 9.59 Å². The van der Waals surface area contributed by atoms with Gasteiger partial charge in [-0.05, 0) is 83.5 Å². The molecule has 5 N–H and O–H groups in total. The van der Waals surface area contributed by atoms with E-state index in [1.807, 2.05) is 57.8 Å². The number of methoxy groups -OCH3 is 2. The second-order valence-corrected chi connectivity index (χ2v) is 16.1. The number of benzene rings is 3. The van der Waals surface area contributed by atoms with Gasteiger partial charge in [0.05, 0.1) is 50.1 Å². The molecule has 1 saturated heterocycles. The third-order valence-electron chi connectivity index (χ3n) is 11.6. The van der Waals surface area contributed by atoms with Crippen molar-refractivity contribution in [3.05, 3.63) is 84.7 Å². The Balaban J connectivity index is 1.03. The van der Waals surface area contributed by atoms with Crippen LogP contribution in [0.15, 0.2) is 73.1 Å². The molecular formula is C44H52N8O6. The Kier molecular flexibility index (Phi) is 11.6. The van der Waals surface area contributed by atoms with Gasteiger partial charge in [0.1, 0.15) is 23.7 Å². The van der Waals surface area contributed by atoms with Crippen molar-refractivity contribution in [2.45, 2.75) is 84.1 Å². The number of hydrogen-bond acceptors (Lipinski definition) is 8. The topological polar surface area (TPSA) is 183 Å². The van der Waals surface area contributed by atoms with E-state index < -0.39 is 30.3 Å². The lowest BCUT2D eigenvalue weighted by molar-refractivity contribution is -0.139. The van der Waals surface area contributed by atoms with E-state index in [9.17, 15) is 19.2 Å². The normalized spacial score (nSPS) is 18.9. The van der Waals surface area contributed by atoms with Crippen molar-refractivity contribution in [3.8, 4) is 33.6 Å². The van der Waals surface area contributed by atoms with Gasteiger partial charge in [0.2, 0.25) is 11.8 Å². The fourth-order valence-electron chi connectivity index (χ4n) is 8.38. The van der Waals surface area contributed by atoms with Gasteiger partial charge in [-0.25, -0.2) is 19.6 Å². The summed E-state index contributed by atoms with van der Waals surface area (Å²) >= 11 is 0. The van der Waals surface area contributed by atoms with Crippen LogP contribution in [-0.4, -0.2) is 81.2 Å². The first-order chi connectivity index (χ1) is 27.8. The number of nitrogens with zero attached hydrogens (tertiary/aromatic N) is 3. The van der Waals surface area contributed by atoms with Gasteiger partial charge in [0.15, 0.2) is 0 Å². The number of ether oxygens (including phenoxy) is 2. The number of fused-ring (bicyclic) bond motifs is 3. The van der Waals surface area contributed by atoms with Crippen molar-refractivity contribution in [2.24, 2.45) is 17.8 Å². The number of imidazole rings is 2. The molecule has 0 spiro atoms. The van der Waals surface area contributed by atoms with Crippen LogP contribution in [0.1, 0.15) is 77.6 Å². The first kappa shape index (κ1) is 40.0. The number of aromatic amines is 2. The van der Waals surface area contributed by atoms with Gasteiger partial charge in [-0.2, -0.15) is 0 Å². The van der Waals surface area contributed by atoms with Crippen molar-refractivity contribution < 1.29 is 28.7 Å². The minimum Gasteiger partial charge on any atom is -0.453 e. The third kappa shape index (κ3) is 8.13. The number of rotatable bonds is 12. The SMILES string of the molecule is COC(=O)N[C@H](C(=O)N[C@@H](C)c1ncc(-c2ccc(-c3ccc4cc(-c5cnc([C@@H]6[C@@H]7CC[C@H](C7)N6C(=O)[C@@H](NC(=O)OC)C(C)C)[nH]5)ccc4c3)cc2)[nH]1)C(C)C. The second-order valence-electron chi connectivity index (χ2n) is 16.1. The lowest BCUT2D eigenvalue weighted by Gasteiger charge is -2.37. The number of hydrogen-bond donors (Lipinski definition) is 5. The molecule has 2 aliphatic rings. The van der Waals surface area contributed by atoms with Crippen molar-refractivity contribution in [2.75, 3.05) is 14.2 Å². The molecule has 304 valence electrons. The van der Waals surface area contributed by atoms with Crippen LogP contribution in [-0.2, 0) is 19.1 Å². The van der Waals surface area contributed by atoms with Crippen LogP contribution in [0.5, 0.6) is 0 Å². The fourth-order valence-corrected chi connectivity index (χ4v) is 8.38. The van der Waals surface area contributed by atoms with Gasteiger partial charge in [0.25, 0.3) is 0 Å². The van der Waals surface area contributed by atoms with Crippen LogP contribution in [0, 0.1) is 17.8 Å². The predicted molar refractivity (Wildman–Crippen MR) is 220 cm³/mol. The maximum absolute atomic E-state index is 13.9. The summed E-state index contributed by atoms with van der Waals surface area (Å²) in [5, 5.41) is 10.5. The van der Waals surface area contributed by atoms with Crippen molar-refractivity contribution in [1.82, 2.24) is 40.8 Å². The van der Waals surface area contributed by atoms with E-state index in [0.717, 1.165) is 69.5 Å². The molecule has 4 amide bonds. The van der Waals surface area contributed by atoms with Crippen molar-refractivity contribution >= 4 is 34.8 Å². The molecule has 3 aromatic carbocycles. The van der Waals surface area contributed by atoms with Crippen LogP contribution in [0.3, 0.4) is 0 Å². The molecule has 3 heterocycles. The molecule has 1 aliphatic carbocycles. The minimum atomic E-state index is -0.745. The molecule has 2 bridgehead atoms. The third-order valence-corrected chi connectivity index (χ3v) is 11.6. The summed E-state index contributed by atoms with van der Waals surface area (Å²) in [6, 6.07) is 19.1. The lowest BCUT2D eigenvalue weighted by atomic mass is 9.95. The molecule has 0 unspecified atom stereocenters. The second kappa shape index (κ2) is 16.7. The zero-order valence-electron chi connectivity index (χ0n) is 34.0. The monoisotopic (exact) mass is 788 g/mol. The van der Waals surface area contributed by atoms with E-state index in [1.54, 1.807) is 6.20 Å². The average Bonchev–Trinajstić information content (AvgIpc) is 4.06. The summed E-state index contributed by atoms with van der Waals surface area (Å²) in [6.07, 6.45) is 5.24. The highest BCUT2D eigenvalue weighted by Gasteiger charge is 2.51. The van der Waals surface area contributed by atoms with Crippen molar-refractivity contribution in [3.63, 3.8) is 0 Å². The zero-order chi connectivity index (χ0) is 41.2. The van der Waals surface area contributed by atoms with Gasteiger partial charge < -0.3 is 40.3 Å². The molecule has 6 atom stereocenters. The summed E-state index contributed by atoms with van der Waals surface area (Å²) in [5.41, 5.74) is 5.81. The number of nitrogens with one attached hydrogen (secondary N) is 5. The summed E-state index contributed by atoms with van der Waals surface area (Å²) in [5.74, 6) is 1.02. The summed E-state index contributed by atoms with van der Waals surface area (Å²) < 4.78 is 9.49. The summed E-state index contributed by atoms with van der Waals surface area (Å²) in [7, 11) is 2.57. The fraction of sp³-hybridized carbons (Fsp3) is 0.409. The molecule has 5 aromatic rings. The smallest absolute Gasteiger partial charge is 0.407 e. The maximum atomic E-state index is 13.9. The molecule has 58 heavy (non-hydrogen) atoms. The van der Waals surface area contributed by atoms with Gasteiger partial charge in [-0.1, -0.05) is 76.2 Å². The Labute approximate surface area is 337 Å². The Bertz CT molecular complexity index is 2300.